The van der Waals surface area contributed by atoms with Crippen LogP contribution in [0.15, 0.2) is 60.8 Å². The van der Waals surface area contributed by atoms with E-state index in [9.17, 15) is 19.5 Å². The van der Waals surface area contributed by atoms with Crippen LogP contribution in [0.4, 0.5) is 20.3 Å². The maximum absolute atomic E-state index is 17.4. The Morgan fingerprint density at radius 1 is 0.913 bits per heavy atom. The van der Waals surface area contributed by atoms with Gasteiger partial charge in [-0.1, -0.05) is 31.2 Å². The van der Waals surface area contributed by atoms with Crippen LogP contribution in [0.3, 0.4) is 0 Å². The van der Waals surface area contributed by atoms with Crippen LogP contribution in [-0.2, 0) is 20.7 Å². The highest BCUT2D eigenvalue weighted by Gasteiger charge is 2.46. The molecule has 1 unspecified atom stereocenters. The van der Waals surface area contributed by atoms with Gasteiger partial charge in [-0.15, -0.1) is 0 Å². The summed E-state index contributed by atoms with van der Waals surface area (Å²) in [6.07, 6.45) is 7.51. The second-order valence-electron chi connectivity index (χ2n) is 19.9. The van der Waals surface area contributed by atoms with Gasteiger partial charge in [-0.3, -0.25) is 29.6 Å². The summed E-state index contributed by atoms with van der Waals surface area (Å²) in [5, 5.41) is 17.0. The minimum Gasteiger partial charge on any atom is -0.468 e. The minimum atomic E-state index is -0.984. The molecule has 4 aliphatic heterocycles. The van der Waals surface area contributed by atoms with Crippen molar-refractivity contribution in [3.8, 4) is 23.0 Å². The van der Waals surface area contributed by atoms with Gasteiger partial charge in [-0.2, -0.15) is 9.97 Å². The van der Waals surface area contributed by atoms with Gasteiger partial charge in [-0.25, -0.2) is 8.78 Å². The standard InChI is InChI=1S/C53H55F2N7O7/c1-4-33-39(54)11-9-31-23-32(69-29-67-3)24-37(43(31)33)46-45(55)47-38(25-56-46)48(61-20-6-17-52(2,66)26-61)59-51(58-47)68-28-53(18-19-53)27-60-21-15-30(16-22-60)34-10-12-40-44-35(34)7-5-8-36(44)50(65)62(40)41-13-14-42(63)57-49(41)64/h5,7-12,23-25,30,41,66H,4,6,13-22,26-29H2,1-3H3,(H,57,63,64)/t41?,52-/m1/s1. The molecule has 11 rings (SSSR count). The van der Waals surface area contributed by atoms with Gasteiger partial charge in [0, 0.05) is 61.3 Å². The highest BCUT2D eigenvalue weighted by molar-refractivity contribution is 6.27. The molecular formula is C53H55F2N7O7. The molecule has 2 atom stereocenters. The molecule has 6 aromatic rings. The SMILES string of the molecule is CCc1c(F)ccc2cc(OCOC)cc(-c3ncc4c(N5CCC[C@@](C)(O)C5)nc(OCC5(CN6CCC(c7ccc8c9c(cccc79)C(=O)N8C7CCC(=O)NC7=O)CC6)CC5)nc4c3F)c12. The molecule has 1 aliphatic carbocycles. The summed E-state index contributed by atoms with van der Waals surface area (Å²) in [4.78, 5) is 58.9. The molecule has 0 spiro atoms. The number of anilines is 2. The molecule has 358 valence electrons. The number of pyridine rings is 1. The first-order valence-corrected chi connectivity index (χ1v) is 24.1. The molecule has 4 aromatic carbocycles. The zero-order chi connectivity index (χ0) is 47.8. The summed E-state index contributed by atoms with van der Waals surface area (Å²) in [7, 11) is 1.51. The molecule has 16 heteroatoms. The van der Waals surface area contributed by atoms with Gasteiger partial charge in [0.15, 0.2) is 12.6 Å². The Morgan fingerprint density at radius 3 is 2.49 bits per heavy atom. The Hall–Kier alpha value is -6.36. The van der Waals surface area contributed by atoms with Crippen molar-refractivity contribution in [3.63, 3.8) is 0 Å². The molecule has 2 aromatic heterocycles. The van der Waals surface area contributed by atoms with Crippen molar-refractivity contribution >= 4 is 61.7 Å². The third-order valence-corrected chi connectivity index (χ3v) is 15.0. The number of aliphatic hydroxyl groups is 1. The van der Waals surface area contributed by atoms with Gasteiger partial charge in [0.1, 0.15) is 34.6 Å². The summed E-state index contributed by atoms with van der Waals surface area (Å²) >= 11 is 0. The van der Waals surface area contributed by atoms with Gasteiger partial charge in [0.2, 0.25) is 11.8 Å². The number of likely N-dealkylation sites (tertiary alicyclic amines) is 1. The molecule has 0 radical (unpaired) electrons. The molecular weight excluding hydrogens is 885 g/mol. The highest BCUT2D eigenvalue weighted by Crippen LogP contribution is 2.49. The maximum Gasteiger partial charge on any atom is 0.319 e. The molecule has 0 bridgehead atoms. The van der Waals surface area contributed by atoms with Crippen molar-refractivity contribution in [1.82, 2.24) is 25.2 Å². The second-order valence-corrected chi connectivity index (χ2v) is 19.9. The third-order valence-electron chi connectivity index (χ3n) is 15.0. The van der Waals surface area contributed by atoms with Gasteiger partial charge >= 0.3 is 6.01 Å². The monoisotopic (exact) mass is 939 g/mol. The number of nitrogens with zero attached hydrogens (tertiary/aromatic N) is 6. The van der Waals surface area contributed by atoms with E-state index in [1.807, 2.05) is 30.0 Å². The van der Waals surface area contributed by atoms with Crippen molar-refractivity contribution in [2.24, 2.45) is 5.41 Å². The molecule has 14 nitrogen and oxygen atoms in total. The minimum absolute atomic E-state index is 0.0130. The number of hydrogen-bond donors (Lipinski definition) is 2. The van der Waals surface area contributed by atoms with E-state index in [2.05, 4.69) is 27.3 Å². The lowest BCUT2D eigenvalue weighted by Gasteiger charge is -2.38. The Bertz CT molecular complexity index is 3080. The predicted octanol–water partition coefficient (Wildman–Crippen LogP) is 7.98. The van der Waals surface area contributed by atoms with E-state index < -0.39 is 29.2 Å². The first-order chi connectivity index (χ1) is 33.3. The van der Waals surface area contributed by atoms with Crippen LogP contribution in [0.1, 0.15) is 92.6 Å². The van der Waals surface area contributed by atoms with Crippen molar-refractivity contribution in [3.05, 3.63) is 89.1 Å². The van der Waals surface area contributed by atoms with Gasteiger partial charge in [0.05, 0.1) is 23.3 Å². The van der Waals surface area contributed by atoms with Crippen LogP contribution in [0.25, 0.3) is 43.7 Å². The fourth-order valence-electron chi connectivity index (χ4n) is 11.4. The van der Waals surface area contributed by atoms with E-state index >= 15 is 8.78 Å². The summed E-state index contributed by atoms with van der Waals surface area (Å²) < 4.78 is 50.3. The van der Waals surface area contributed by atoms with Crippen LogP contribution in [0.5, 0.6) is 11.8 Å². The number of methoxy groups -OCH3 is 1. The van der Waals surface area contributed by atoms with E-state index in [4.69, 9.17) is 24.2 Å². The number of carbonyl (C=O) groups is 3. The molecule has 3 amide bonds. The number of amides is 3. The number of piperidine rings is 3. The predicted molar refractivity (Wildman–Crippen MR) is 257 cm³/mol. The van der Waals surface area contributed by atoms with Crippen LogP contribution < -0.4 is 24.6 Å². The number of benzene rings is 4. The smallest absolute Gasteiger partial charge is 0.319 e. The lowest BCUT2D eigenvalue weighted by molar-refractivity contribution is -0.134. The number of halogens is 2. The maximum atomic E-state index is 17.4. The first kappa shape index (κ1) is 45.1. The number of ether oxygens (including phenoxy) is 3. The van der Waals surface area contributed by atoms with E-state index in [1.165, 1.54) is 18.7 Å². The molecule has 3 saturated heterocycles. The third kappa shape index (κ3) is 8.19. The summed E-state index contributed by atoms with van der Waals surface area (Å²) in [5.74, 6) is -0.952. The largest absolute Gasteiger partial charge is 0.468 e. The number of carbonyl (C=O) groups excluding carboxylic acids is 3. The number of aryl methyl sites for hydroxylation is 1. The number of fused-ring (bicyclic) bond motifs is 2. The van der Waals surface area contributed by atoms with Crippen molar-refractivity contribution in [2.45, 2.75) is 89.2 Å². The van der Waals surface area contributed by atoms with Crippen LogP contribution in [-0.4, -0.2) is 108 Å². The fraction of sp³-hybridized carbons (Fsp3) is 0.434. The average Bonchev–Trinajstić information content (AvgIpc) is 4.05. The van der Waals surface area contributed by atoms with Crippen LogP contribution in [0.2, 0.25) is 0 Å². The average molecular weight is 940 g/mol. The lowest BCUT2D eigenvalue weighted by atomic mass is 9.85. The Morgan fingerprint density at radius 2 is 1.74 bits per heavy atom. The number of rotatable bonds is 13. The van der Waals surface area contributed by atoms with Crippen molar-refractivity contribution < 1.29 is 42.5 Å². The Kier molecular flexibility index (Phi) is 11.5. The summed E-state index contributed by atoms with van der Waals surface area (Å²) in [6.45, 7) is 7.39. The van der Waals surface area contributed by atoms with Crippen LogP contribution >= 0.6 is 0 Å². The summed E-state index contributed by atoms with van der Waals surface area (Å²) in [5.41, 5.74) is 2.17. The van der Waals surface area contributed by atoms with E-state index in [1.54, 1.807) is 36.2 Å². The number of imide groups is 1. The quantitative estimate of drug-likeness (QED) is 0.0851. The van der Waals surface area contributed by atoms with Gasteiger partial charge < -0.3 is 29.1 Å². The Labute approximate surface area is 397 Å². The molecule has 6 heterocycles. The van der Waals surface area contributed by atoms with Crippen molar-refractivity contribution in [2.75, 3.05) is 63.0 Å². The first-order valence-electron chi connectivity index (χ1n) is 24.1. The Balaban J connectivity index is 0.846. The topological polar surface area (TPSA) is 160 Å². The zero-order valence-electron chi connectivity index (χ0n) is 39.1. The molecule has 69 heavy (non-hydrogen) atoms. The highest BCUT2D eigenvalue weighted by atomic mass is 19.1. The molecule has 2 N–H and O–H groups in total. The van der Waals surface area contributed by atoms with Crippen LogP contribution in [0, 0.1) is 17.0 Å². The molecule has 5 aliphatic rings. The number of hydrogen-bond acceptors (Lipinski definition) is 12. The normalized spacial score (nSPS) is 21.7. The van der Waals surface area contributed by atoms with Gasteiger partial charge in [-0.05, 0) is 135 Å². The summed E-state index contributed by atoms with van der Waals surface area (Å²) in [6, 6.07) is 15.7. The molecule has 1 saturated carbocycles. The van der Waals surface area contributed by atoms with E-state index in [-0.39, 0.29) is 60.1 Å². The van der Waals surface area contributed by atoms with Crippen molar-refractivity contribution in [1.29, 1.82) is 0 Å². The number of nitrogens with one attached hydrogen (secondary N) is 1. The van der Waals surface area contributed by atoms with Gasteiger partial charge in [0.25, 0.3) is 5.91 Å². The molecule has 4 fully saturated rings. The second kappa shape index (κ2) is 17.6. The van der Waals surface area contributed by atoms with E-state index in [0.717, 1.165) is 61.8 Å². The number of aromatic nitrogens is 3. The lowest BCUT2D eigenvalue weighted by Crippen LogP contribution is -2.53. The fourth-order valence-corrected chi connectivity index (χ4v) is 11.4. The van der Waals surface area contributed by atoms with E-state index in [0.29, 0.717) is 83.3 Å². The number of β-amino-alcohol motifs (C(OH)–C–C–N with tert-alkyl or cyclic N) is 1. The zero-order valence-corrected chi connectivity index (χ0v) is 39.1.